The third-order valence-electron chi connectivity index (χ3n) is 5.36. The summed E-state index contributed by atoms with van der Waals surface area (Å²) in [5.41, 5.74) is -2.70. The van der Waals surface area contributed by atoms with Crippen molar-refractivity contribution in [2.24, 2.45) is 10.6 Å². The first kappa shape index (κ1) is 24.6. The molecule has 180 valence electrons. The van der Waals surface area contributed by atoms with Crippen LogP contribution in [0.3, 0.4) is 0 Å². The molecule has 1 amide bonds. The number of anilines is 2. The Morgan fingerprint density at radius 1 is 1.30 bits per heavy atom. The molecule has 2 heterocycles. The van der Waals surface area contributed by atoms with Gasteiger partial charge in [0.05, 0.1) is 18.2 Å². The largest absolute Gasteiger partial charge is 0.491 e. The number of primary sulfonamides is 1. The van der Waals surface area contributed by atoms with Gasteiger partial charge in [-0.1, -0.05) is 0 Å². The summed E-state index contributed by atoms with van der Waals surface area (Å²) in [6.07, 6.45) is -4.39. The standard InChI is InChI=1S/C19H19F5N4O4S/c1-18(19(22,23)24)8-13(17(29)27-10-5-6-26-14(7-10)33(25,30)31)28(9-18)12-4-3-11(20)15(21)16(12)32-2/h3-7,13H,8-9H2,1-2H3,(H2,25,30,31)(H,26,27,29)/t13-,18-/m1/s1. The molecule has 2 atom stereocenters. The van der Waals surface area contributed by atoms with Crippen molar-refractivity contribution >= 4 is 27.3 Å². The van der Waals surface area contributed by atoms with Crippen LogP contribution in [0.1, 0.15) is 13.3 Å². The summed E-state index contributed by atoms with van der Waals surface area (Å²) < 4.78 is 97.1. The molecule has 2 aromatic rings. The number of ether oxygens (including phenoxy) is 1. The van der Waals surface area contributed by atoms with E-state index in [1.54, 1.807) is 0 Å². The SMILES string of the molecule is COc1c(N2C[C@](C)(C(F)(F)F)C[C@@H]2C(=O)Nc2ccnc(S(N)(=O)=O)c2)ccc(F)c1F. The molecule has 0 unspecified atom stereocenters. The van der Waals surface area contributed by atoms with E-state index in [0.717, 1.165) is 37.3 Å². The predicted molar refractivity (Wildman–Crippen MR) is 107 cm³/mol. The van der Waals surface area contributed by atoms with Crippen molar-refractivity contribution in [3.63, 3.8) is 0 Å². The highest BCUT2D eigenvalue weighted by atomic mass is 32.2. The average Bonchev–Trinajstić information content (AvgIpc) is 3.08. The number of methoxy groups -OCH3 is 1. The number of amides is 1. The summed E-state index contributed by atoms with van der Waals surface area (Å²) in [4.78, 5) is 17.5. The van der Waals surface area contributed by atoms with Crippen LogP contribution in [0.5, 0.6) is 5.75 Å². The molecule has 1 aliphatic heterocycles. The van der Waals surface area contributed by atoms with Gasteiger partial charge in [-0.15, -0.1) is 0 Å². The molecule has 1 aliphatic rings. The Morgan fingerprint density at radius 2 is 1.97 bits per heavy atom. The van der Waals surface area contributed by atoms with Crippen LogP contribution in [0.25, 0.3) is 0 Å². The Bertz CT molecular complexity index is 1190. The van der Waals surface area contributed by atoms with Crippen molar-refractivity contribution in [3.8, 4) is 5.75 Å². The molecule has 0 radical (unpaired) electrons. The highest BCUT2D eigenvalue weighted by Gasteiger charge is 2.59. The van der Waals surface area contributed by atoms with E-state index in [9.17, 15) is 35.2 Å². The lowest BCUT2D eigenvalue weighted by molar-refractivity contribution is -0.210. The maximum atomic E-state index is 14.2. The average molecular weight is 494 g/mol. The Balaban J connectivity index is 2.02. The van der Waals surface area contributed by atoms with Crippen LogP contribution >= 0.6 is 0 Å². The minimum Gasteiger partial charge on any atom is -0.491 e. The predicted octanol–water partition coefficient (Wildman–Crippen LogP) is 2.80. The Morgan fingerprint density at radius 3 is 2.55 bits per heavy atom. The number of aromatic nitrogens is 1. The molecular weight excluding hydrogens is 475 g/mol. The molecule has 14 heteroatoms. The number of pyridine rings is 1. The first-order valence-electron chi connectivity index (χ1n) is 9.33. The second-order valence-corrected chi connectivity index (χ2v) is 9.25. The number of hydrogen-bond acceptors (Lipinski definition) is 6. The molecule has 3 N–H and O–H groups in total. The lowest BCUT2D eigenvalue weighted by atomic mass is 9.87. The topological polar surface area (TPSA) is 115 Å². The van der Waals surface area contributed by atoms with Crippen LogP contribution in [-0.4, -0.2) is 45.2 Å². The van der Waals surface area contributed by atoms with E-state index in [-0.39, 0.29) is 11.4 Å². The van der Waals surface area contributed by atoms with Gasteiger partial charge in [-0.3, -0.25) is 4.79 Å². The van der Waals surface area contributed by atoms with E-state index in [1.165, 1.54) is 6.07 Å². The maximum absolute atomic E-state index is 14.2. The van der Waals surface area contributed by atoms with Gasteiger partial charge in [0.25, 0.3) is 10.0 Å². The summed E-state index contributed by atoms with van der Waals surface area (Å²) in [6, 6.07) is 2.40. The molecular formula is C19H19F5N4O4S. The van der Waals surface area contributed by atoms with Crippen LogP contribution in [0.4, 0.5) is 33.3 Å². The lowest BCUT2D eigenvalue weighted by Crippen LogP contribution is -2.40. The van der Waals surface area contributed by atoms with E-state index < -0.39 is 68.9 Å². The second kappa shape index (κ2) is 8.41. The van der Waals surface area contributed by atoms with Gasteiger partial charge in [0, 0.05) is 24.5 Å². The number of nitrogens with one attached hydrogen (secondary N) is 1. The van der Waals surface area contributed by atoms with Crippen LogP contribution in [0.15, 0.2) is 35.5 Å². The molecule has 0 spiro atoms. The quantitative estimate of drug-likeness (QED) is 0.618. The molecule has 0 saturated carbocycles. The fourth-order valence-corrected chi connectivity index (χ4v) is 4.09. The van der Waals surface area contributed by atoms with E-state index in [1.807, 2.05) is 0 Å². The number of alkyl halides is 3. The van der Waals surface area contributed by atoms with Crippen LogP contribution in [-0.2, 0) is 14.8 Å². The highest BCUT2D eigenvalue weighted by molar-refractivity contribution is 7.89. The zero-order chi connectivity index (χ0) is 24.8. The number of hydrogen-bond donors (Lipinski definition) is 2. The normalized spacial score (nSPS) is 21.2. The summed E-state index contributed by atoms with van der Waals surface area (Å²) in [6.45, 7) is 0.167. The van der Waals surface area contributed by atoms with Gasteiger partial charge in [0.1, 0.15) is 6.04 Å². The molecule has 1 aromatic heterocycles. The zero-order valence-electron chi connectivity index (χ0n) is 17.3. The van der Waals surface area contributed by atoms with Crippen LogP contribution < -0.4 is 20.1 Å². The van der Waals surface area contributed by atoms with Crippen molar-refractivity contribution < 1.29 is 39.9 Å². The summed E-state index contributed by atoms with van der Waals surface area (Å²) in [7, 11) is -3.19. The Kier molecular flexibility index (Phi) is 6.28. The fourth-order valence-electron chi connectivity index (χ4n) is 3.59. The number of carbonyl (C=O) groups is 1. The van der Waals surface area contributed by atoms with Crippen molar-refractivity contribution in [2.75, 3.05) is 23.9 Å². The molecule has 33 heavy (non-hydrogen) atoms. The first-order chi connectivity index (χ1) is 15.2. The number of nitrogens with two attached hydrogens (primary N) is 1. The molecule has 8 nitrogen and oxygen atoms in total. The fraction of sp³-hybridized carbons (Fsp3) is 0.368. The van der Waals surface area contributed by atoms with Crippen molar-refractivity contribution in [2.45, 2.75) is 30.6 Å². The molecule has 3 rings (SSSR count). The Hall–Kier alpha value is -3.00. The van der Waals surface area contributed by atoms with E-state index in [2.05, 4.69) is 10.3 Å². The van der Waals surface area contributed by atoms with E-state index in [0.29, 0.717) is 6.07 Å². The number of rotatable bonds is 5. The van der Waals surface area contributed by atoms with Gasteiger partial charge < -0.3 is 15.0 Å². The van der Waals surface area contributed by atoms with Crippen molar-refractivity contribution in [1.29, 1.82) is 0 Å². The summed E-state index contributed by atoms with van der Waals surface area (Å²) in [5, 5.41) is 6.77. The van der Waals surface area contributed by atoms with Crippen LogP contribution in [0, 0.1) is 17.0 Å². The van der Waals surface area contributed by atoms with Crippen molar-refractivity contribution in [3.05, 3.63) is 42.1 Å². The highest BCUT2D eigenvalue weighted by Crippen LogP contribution is 2.50. The molecule has 0 aliphatic carbocycles. The zero-order valence-corrected chi connectivity index (χ0v) is 18.1. The lowest BCUT2D eigenvalue weighted by Gasteiger charge is -2.29. The first-order valence-corrected chi connectivity index (χ1v) is 10.9. The number of benzene rings is 1. The molecule has 1 fully saturated rings. The van der Waals surface area contributed by atoms with Gasteiger partial charge in [0.15, 0.2) is 16.6 Å². The number of nitrogens with zero attached hydrogens (tertiary/aromatic N) is 2. The van der Waals surface area contributed by atoms with Gasteiger partial charge >= 0.3 is 6.18 Å². The van der Waals surface area contributed by atoms with Gasteiger partial charge in [-0.2, -0.15) is 17.6 Å². The number of sulfonamides is 1. The maximum Gasteiger partial charge on any atom is 0.396 e. The number of halogens is 5. The molecule has 0 bridgehead atoms. The molecule has 1 saturated heterocycles. The van der Waals surface area contributed by atoms with Gasteiger partial charge in [0.2, 0.25) is 11.7 Å². The monoisotopic (exact) mass is 494 g/mol. The van der Waals surface area contributed by atoms with Crippen LogP contribution in [0.2, 0.25) is 0 Å². The summed E-state index contributed by atoms with van der Waals surface area (Å²) >= 11 is 0. The third-order valence-corrected chi connectivity index (χ3v) is 6.17. The minimum atomic E-state index is -4.72. The van der Waals surface area contributed by atoms with E-state index >= 15 is 0 Å². The minimum absolute atomic E-state index is 0.0863. The smallest absolute Gasteiger partial charge is 0.396 e. The van der Waals surface area contributed by atoms with Gasteiger partial charge in [-0.05, 0) is 31.5 Å². The van der Waals surface area contributed by atoms with E-state index in [4.69, 9.17) is 9.88 Å². The second-order valence-electron chi connectivity index (χ2n) is 7.74. The summed E-state index contributed by atoms with van der Waals surface area (Å²) in [5.74, 6) is -4.29. The third kappa shape index (κ3) is 4.71. The molecule has 1 aromatic carbocycles. The number of carbonyl (C=O) groups excluding carboxylic acids is 1. The van der Waals surface area contributed by atoms with Crippen molar-refractivity contribution in [1.82, 2.24) is 4.98 Å². The van der Waals surface area contributed by atoms with Gasteiger partial charge in [-0.25, -0.2) is 22.9 Å². The Labute approximate surface area is 185 Å².